The first-order valence-corrected chi connectivity index (χ1v) is 12.0. The quantitative estimate of drug-likeness (QED) is 0.393. The van der Waals surface area contributed by atoms with Crippen LogP contribution in [0.3, 0.4) is 0 Å². The molecule has 0 bridgehead atoms. The molecular formula is C27H32ClN3O. The van der Waals surface area contributed by atoms with Gasteiger partial charge in [0.25, 0.3) is 0 Å². The third kappa shape index (κ3) is 3.65. The average molecular weight is 450 g/mol. The lowest BCUT2D eigenvalue weighted by Gasteiger charge is -2.37. The van der Waals surface area contributed by atoms with Crippen LogP contribution in [-0.2, 0) is 10.3 Å². The molecule has 0 N–H and O–H groups in total. The van der Waals surface area contributed by atoms with E-state index < -0.39 is 5.54 Å². The number of aromatic nitrogens is 2. The minimum atomic E-state index is -0.487. The molecule has 0 saturated carbocycles. The summed E-state index contributed by atoms with van der Waals surface area (Å²) in [6.45, 7) is 8.59. The molecule has 0 aliphatic carbocycles. The van der Waals surface area contributed by atoms with Gasteiger partial charge in [-0.2, -0.15) is 0 Å². The van der Waals surface area contributed by atoms with Crippen molar-refractivity contribution in [1.29, 1.82) is 0 Å². The summed E-state index contributed by atoms with van der Waals surface area (Å²) in [4.78, 5) is 20.3. The SMILES string of the molecule is CCC(C)N(C(=O)CCC1(c2ccc(Cl)cc2)c2ccccc2-c2nccn21)C(C)CC. The molecule has 1 aliphatic heterocycles. The lowest BCUT2D eigenvalue weighted by molar-refractivity contribution is -0.136. The van der Waals surface area contributed by atoms with Crippen LogP contribution in [0.15, 0.2) is 60.9 Å². The van der Waals surface area contributed by atoms with Gasteiger partial charge >= 0.3 is 0 Å². The molecule has 4 rings (SSSR count). The highest BCUT2D eigenvalue weighted by Crippen LogP contribution is 2.49. The second-order valence-corrected chi connectivity index (χ2v) is 9.29. The summed E-state index contributed by atoms with van der Waals surface area (Å²) in [5, 5.41) is 0.705. The van der Waals surface area contributed by atoms with E-state index in [1.165, 1.54) is 5.56 Å². The van der Waals surface area contributed by atoms with Gasteiger partial charge in [-0.15, -0.1) is 0 Å². The predicted molar refractivity (Wildman–Crippen MR) is 131 cm³/mol. The van der Waals surface area contributed by atoms with Crippen LogP contribution >= 0.6 is 11.6 Å². The van der Waals surface area contributed by atoms with Crippen molar-refractivity contribution >= 4 is 17.5 Å². The smallest absolute Gasteiger partial charge is 0.223 e. The molecule has 168 valence electrons. The van der Waals surface area contributed by atoms with Gasteiger partial charge in [0.2, 0.25) is 5.91 Å². The number of amides is 1. The summed E-state index contributed by atoms with van der Waals surface area (Å²) in [7, 11) is 0. The number of rotatable bonds is 8. The minimum Gasteiger partial charge on any atom is -0.337 e. The summed E-state index contributed by atoms with van der Waals surface area (Å²) in [6.07, 6.45) is 6.91. The fraction of sp³-hybridized carbons (Fsp3) is 0.407. The van der Waals surface area contributed by atoms with E-state index in [9.17, 15) is 4.79 Å². The van der Waals surface area contributed by atoms with E-state index in [1.807, 2.05) is 24.5 Å². The van der Waals surface area contributed by atoms with Gasteiger partial charge < -0.3 is 9.47 Å². The van der Waals surface area contributed by atoms with Crippen molar-refractivity contribution < 1.29 is 4.79 Å². The lowest BCUT2D eigenvalue weighted by Crippen LogP contribution is -2.45. The Morgan fingerprint density at radius 2 is 1.72 bits per heavy atom. The Labute approximate surface area is 196 Å². The van der Waals surface area contributed by atoms with E-state index in [0.717, 1.165) is 29.8 Å². The standard InChI is InChI=1S/C27H32ClN3O/c1-5-19(3)31(20(4)6-2)25(32)15-16-27(21-11-13-22(28)14-12-21)24-10-8-7-9-23(24)26-29-17-18-30(26)27/h7-14,17-20H,5-6,15-16H2,1-4H3. The Hall–Kier alpha value is -2.59. The first-order chi connectivity index (χ1) is 15.4. The Morgan fingerprint density at radius 3 is 2.38 bits per heavy atom. The van der Waals surface area contributed by atoms with Crippen molar-refractivity contribution in [3.63, 3.8) is 0 Å². The van der Waals surface area contributed by atoms with E-state index in [2.05, 4.69) is 78.5 Å². The number of imidazole rings is 1. The van der Waals surface area contributed by atoms with Crippen molar-refractivity contribution in [2.75, 3.05) is 0 Å². The topological polar surface area (TPSA) is 38.1 Å². The molecule has 0 spiro atoms. The summed E-state index contributed by atoms with van der Waals surface area (Å²) >= 11 is 6.23. The molecule has 0 fully saturated rings. The number of carbonyl (C=O) groups excluding carboxylic acids is 1. The molecule has 3 aromatic rings. The summed E-state index contributed by atoms with van der Waals surface area (Å²) in [6, 6.07) is 16.9. The monoisotopic (exact) mass is 449 g/mol. The molecule has 3 unspecified atom stereocenters. The number of hydrogen-bond acceptors (Lipinski definition) is 2. The van der Waals surface area contributed by atoms with Crippen LogP contribution in [0.2, 0.25) is 5.02 Å². The molecule has 2 heterocycles. The fourth-order valence-electron chi connectivity index (χ4n) is 5.14. The van der Waals surface area contributed by atoms with Crippen molar-refractivity contribution in [3.05, 3.63) is 77.1 Å². The first-order valence-electron chi connectivity index (χ1n) is 11.6. The first kappa shape index (κ1) is 22.6. The number of benzene rings is 2. The van der Waals surface area contributed by atoms with Gasteiger partial charge in [-0.25, -0.2) is 4.98 Å². The minimum absolute atomic E-state index is 0.216. The van der Waals surface area contributed by atoms with Gasteiger partial charge in [-0.05, 0) is 56.4 Å². The second-order valence-electron chi connectivity index (χ2n) is 8.85. The zero-order valence-corrected chi connectivity index (χ0v) is 20.1. The maximum Gasteiger partial charge on any atom is 0.223 e. The molecule has 1 amide bonds. The van der Waals surface area contributed by atoms with Gasteiger partial charge in [0.1, 0.15) is 5.82 Å². The van der Waals surface area contributed by atoms with Crippen LogP contribution in [0, 0.1) is 0 Å². The Bertz CT molecular complexity index is 1080. The average Bonchev–Trinajstić information content (AvgIpc) is 3.39. The van der Waals surface area contributed by atoms with Crippen molar-refractivity contribution in [3.8, 4) is 11.4 Å². The van der Waals surface area contributed by atoms with Crippen LogP contribution in [-0.4, -0.2) is 32.4 Å². The third-order valence-corrected chi connectivity index (χ3v) is 7.36. The van der Waals surface area contributed by atoms with Crippen molar-refractivity contribution in [2.24, 2.45) is 0 Å². The van der Waals surface area contributed by atoms with E-state index in [-0.39, 0.29) is 18.0 Å². The maximum atomic E-state index is 13.6. The number of hydrogen-bond donors (Lipinski definition) is 0. The zero-order valence-electron chi connectivity index (χ0n) is 19.4. The molecule has 0 saturated heterocycles. The van der Waals surface area contributed by atoms with Gasteiger partial charge in [0.05, 0.1) is 5.54 Å². The van der Waals surface area contributed by atoms with Gasteiger partial charge in [-0.1, -0.05) is 61.8 Å². The van der Waals surface area contributed by atoms with E-state index in [0.29, 0.717) is 17.9 Å². The molecular weight excluding hydrogens is 418 g/mol. The molecule has 32 heavy (non-hydrogen) atoms. The highest BCUT2D eigenvalue weighted by Gasteiger charge is 2.45. The van der Waals surface area contributed by atoms with Gasteiger partial charge in [-0.3, -0.25) is 4.79 Å². The summed E-state index contributed by atoms with van der Waals surface area (Å²) < 4.78 is 2.24. The fourth-order valence-corrected chi connectivity index (χ4v) is 5.26. The lowest BCUT2D eigenvalue weighted by atomic mass is 9.79. The molecule has 0 radical (unpaired) electrons. The third-order valence-electron chi connectivity index (χ3n) is 7.11. The van der Waals surface area contributed by atoms with Gasteiger partial charge in [0, 0.05) is 41.5 Å². The Balaban J connectivity index is 1.78. The normalized spacial score (nSPS) is 18.7. The Morgan fingerprint density at radius 1 is 1.06 bits per heavy atom. The molecule has 1 aromatic heterocycles. The second kappa shape index (κ2) is 9.11. The van der Waals surface area contributed by atoms with Crippen LogP contribution in [0.5, 0.6) is 0 Å². The van der Waals surface area contributed by atoms with Crippen LogP contribution in [0.4, 0.5) is 0 Å². The molecule has 1 aliphatic rings. The summed E-state index contributed by atoms with van der Waals surface area (Å²) in [5.74, 6) is 1.16. The maximum absolute atomic E-state index is 13.6. The molecule has 5 heteroatoms. The number of nitrogens with zero attached hydrogens (tertiary/aromatic N) is 3. The van der Waals surface area contributed by atoms with E-state index in [1.54, 1.807) is 0 Å². The van der Waals surface area contributed by atoms with Gasteiger partial charge in [0.15, 0.2) is 0 Å². The highest BCUT2D eigenvalue weighted by atomic mass is 35.5. The summed E-state index contributed by atoms with van der Waals surface area (Å²) in [5.41, 5.74) is 2.95. The Kier molecular flexibility index (Phi) is 6.43. The van der Waals surface area contributed by atoms with Crippen molar-refractivity contribution in [1.82, 2.24) is 14.5 Å². The molecule has 3 atom stereocenters. The van der Waals surface area contributed by atoms with Crippen LogP contribution in [0.25, 0.3) is 11.4 Å². The largest absolute Gasteiger partial charge is 0.337 e. The molecule has 4 nitrogen and oxygen atoms in total. The van der Waals surface area contributed by atoms with Crippen LogP contribution < -0.4 is 0 Å². The number of carbonyl (C=O) groups is 1. The number of fused-ring (bicyclic) bond motifs is 3. The molecule has 2 aromatic carbocycles. The van der Waals surface area contributed by atoms with E-state index >= 15 is 0 Å². The predicted octanol–water partition coefficient (Wildman–Crippen LogP) is 6.51. The highest BCUT2D eigenvalue weighted by molar-refractivity contribution is 6.30. The number of halogens is 1. The van der Waals surface area contributed by atoms with E-state index in [4.69, 9.17) is 11.6 Å². The van der Waals surface area contributed by atoms with Crippen molar-refractivity contribution in [2.45, 2.75) is 71.0 Å². The van der Waals surface area contributed by atoms with Crippen LogP contribution in [0.1, 0.15) is 64.5 Å². The zero-order chi connectivity index (χ0) is 22.9.